The van der Waals surface area contributed by atoms with E-state index in [1.807, 2.05) is 5.38 Å². The van der Waals surface area contributed by atoms with E-state index in [1.165, 1.54) is 11.3 Å². The smallest absolute Gasteiger partial charge is 0.261 e. The SMILES string of the molecule is CC(NC(=O)c1cccs1)C(=O)NCC1(O)CCCC1. The van der Waals surface area contributed by atoms with E-state index in [0.29, 0.717) is 4.88 Å². The molecule has 1 heterocycles. The summed E-state index contributed by atoms with van der Waals surface area (Å²) >= 11 is 1.33. The average molecular weight is 296 g/mol. The molecule has 1 aliphatic carbocycles. The Labute approximate surface area is 122 Å². The van der Waals surface area contributed by atoms with E-state index in [-0.39, 0.29) is 18.4 Å². The van der Waals surface area contributed by atoms with Crippen molar-refractivity contribution in [3.05, 3.63) is 22.4 Å². The first-order valence-electron chi connectivity index (χ1n) is 6.85. The molecule has 1 aromatic heterocycles. The van der Waals surface area contributed by atoms with Crippen molar-refractivity contribution < 1.29 is 14.7 Å². The molecular weight excluding hydrogens is 276 g/mol. The van der Waals surface area contributed by atoms with Crippen LogP contribution in [-0.4, -0.2) is 35.1 Å². The van der Waals surface area contributed by atoms with E-state index in [2.05, 4.69) is 10.6 Å². The predicted octanol–water partition coefficient (Wildman–Crippen LogP) is 1.29. The molecule has 5 nitrogen and oxygen atoms in total. The maximum Gasteiger partial charge on any atom is 0.261 e. The fraction of sp³-hybridized carbons (Fsp3) is 0.571. The van der Waals surface area contributed by atoms with Crippen LogP contribution in [0.25, 0.3) is 0 Å². The Bertz CT molecular complexity index is 467. The molecule has 0 aliphatic heterocycles. The molecule has 6 heteroatoms. The number of hydrogen-bond acceptors (Lipinski definition) is 4. The minimum Gasteiger partial charge on any atom is -0.388 e. The summed E-state index contributed by atoms with van der Waals surface area (Å²) in [7, 11) is 0. The van der Waals surface area contributed by atoms with Gasteiger partial charge in [0.25, 0.3) is 5.91 Å². The lowest BCUT2D eigenvalue weighted by molar-refractivity contribution is -0.123. The Balaban J connectivity index is 1.78. The van der Waals surface area contributed by atoms with E-state index in [9.17, 15) is 14.7 Å². The Morgan fingerprint density at radius 1 is 1.45 bits per heavy atom. The second-order valence-corrected chi connectivity index (χ2v) is 6.27. The number of hydrogen-bond donors (Lipinski definition) is 3. The van der Waals surface area contributed by atoms with Crippen molar-refractivity contribution in [3.8, 4) is 0 Å². The van der Waals surface area contributed by atoms with Gasteiger partial charge in [0.15, 0.2) is 0 Å². The van der Waals surface area contributed by atoms with Gasteiger partial charge in [-0.05, 0) is 31.2 Å². The summed E-state index contributed by atoms with van der Waals surface area (Å²) in [6.07, 6.45) is 3.44. The van der Waals surface area contributed by atoms with Crippen LogP contribution in [0.2, 0.25) is 0 Å². The Morgan fingerprint density at radius 3 is 2.75 bits per heavy atom. The molecule has 1 aliphatic rings. The highest BCUT2D eigenvalue weighted by molar-refractivity contribution is 7.12. The van der Waals surface area contributed by atoms with Crippen molar-refractivity contribution in [2.24, 2.45) is 0 Å². The van der Waals surface area contributed by atoms with Crippen LogP contribution >= 0.6 is 11.3 Å². The molecule has 0 aromatic carbocycles. The van der Waals surface area contributed by atoms with Crippen LogP contribution in [0.15, 0.2) is 17.5 Å². The van der Waals surface area contributed by atoms with Gasteiger partial charge in [-0.15, -0.1) is 11.3 Å². The molecular formula is C14H20N2O3S. The quantitative estimate of drug-likeness (QED) is 0.766. The first-order valence-corrected chi connectivity index (χ1v) is 7.73. The molecule has 1 saturated carbocycles. The van der Waals surface area contributed by atoms with E-state index < -0.39 is 11.6 Å². The van der Waals surface area contributed by atoms with Gasteiger partial charge in [-0.25, -0.2) is 0 Å². The fourth-order valence-corrected chi connectivity index (χ4v) is 2.98. The third-order valence-corrected chi connectivity index (χ3v) is 4.48. The van der Waals surface area contributed by atoms with Gasteiger partial charge in [-0.1, -0.05) is 18.9 Å². The summed E-state index contributed by atoms with van der Waals surface area (Å²) in [5, 5.41) is 17.3. The number of aliphatic hydroxyl groups is 1. The van der Waals surface area contributed by atoms with Crippen LogP contribution in [0.3, 0.4) is 0 Å². The van der Waals surface area contributed by atoms with Gasteiger partial charge in [0.2, 0.25) is 5.91 Å². The molecule has 1 fully saturated rings. The van der Waals surface area contributed by atoms with Gasteiger partial charge in [0, 0.05) is 6.54 Å². The lowest BCUT2D eigenvalue weighted by atomic mass is 10.0. The lowest BCUT2D eigenvalue weighted by Gasteiger charge is -2.23. The van der Waals surface area contributed by atoms with Crippen LogP contribution in [-0.2, 0) is 4.79 Å². The topological polar surface area (TPSA) is 78.4 Å². The maximum atomic E-state index is 11.9. The first-order chi connectivity index (χ1) is 9.50. The highest BCUT2D eigenvalue weighted by Crippen LogP contribution is 2.28. The molecule has 0 saturated heterocycles. The van der Waals surface area contributed by atoms with Gasteiger partial charge >= 0.3 is 0 Å². The number of thiophene rings is 1. The summed E-state index contributed by atoms with van der Waals surface area (Å²) in [4.78, 5) is 24.3. The van der Waals surface area contributed by atoms with E-state index >= 15 is 0 Å². The second kappa shape index (κ2) is 6.37. The minimum absolute atomic E-state index is 0.248. The van der Waals surface area contributed by atoms with Crippen molar-refractivity contribution in [1.82, 2.24) is 10.6 Å². The van der Waals surface area contributed by atoms with Crippen molar-refractivity contribution >= 4 is 23.2 Å². The second-order valence-electron chi connectivity index (χ2n) is 5.32. The molecule has 1 atom stereocenters. The Hall–Kier alpha value is -1.40. The third kappa shape index (κ3) is 3.80. The van der Waals surface area contributed by atoms with Crippen LogP contribution in [0.4, 0.5) is 0 Å². The Morgan fingerprint density at radius 2 is 2.15 bits per heavy atom. The highest BCUT2D eigenvalue weighted by Gasteiger charge is 2.31. The molecule has 110 valence electrons. The molecule has 3 N–H and O–H groups in total. The number of amides is 2. The van der Waals surface area contributed by atoms with Crippen LogP contribution in [0, 0.1) is 0 Å². The van der Waals surface area contributed by atoms with Gasteiger partial charge in [-0.2, -0.15) is 0 Å². The molecule has 0 radical (unpaired) electrons. The lowest BCUT2D eigenvalue weighted by Crippen LogP contribution is -2.49. The number of nitrogens with one attached hydrogen (secondary N) is 2. The van der Waals surface area contributed by atoms with Crippen molar-refractivity contribution in [1.29, 1.82) is 0 Å². The molecule has 1 aromatic rings. The van der Waals surface area contributed by atoms with Crippen LogP contribution in [0.1, 0.15) is 42.3 Å². The molecule has 20 heavy (non-hydrogen) atoms. The van der Waals surface area contributed by atoms with Crippen molar-refractivity contribution in [2.45, 2.75) is 44.2 Å². The molecule has 2 amide bonds. The average Bonchev–Trinajstić information content (AvgIpc) is 3.07. The summed E-state index contributed by atoms with van der Waals surface area (Å²) in [5.41, 5.74) is -0.771. The van der Waals surface area contributed by atoms with Crippen LogP contribution in [0.5, 0.6) is 0 Å². The number of carbonyl (C=O) groups excluding carboxylic acids is 2. The number of rotatable bonds is 5. The maximum absolute atomic E-state index is 11.9. The Kier molecular flexibility index (Phi) is 4.77. The number of carbonyl (C=O) groups is 2. The zero-order chi connectivity index (χ0) is 14.6. The zero-order valence-electron chi connectivity index (χ0n) is 11.5. The summed E-state index contributed by atoms with van der Waals surface area (Å²) in [6, 6.07) is 2.89. The predicted molar refractivity (Wildman–Crippen MR) is 77.7 cm³/mol. The summed E-state index contributed by atoms with van der Waals surface area (Å²) < 4.78 is 0. The van der Waals surface area contributed by atoms with Gasteiger partial charge < -0.3 is 15.7 Å². The standard InChI is InChI=1S/C14H20N2O3S/c1-10(16-13(18)11-5-4-8-20-11)12(17)15-9-14(19)6-2-3-7-14/h4-5,8,10,19H,2-3,6-7,9H2,1H3,(H,15,17)(H,16,18). The van der Waals surface area contributed by atoms with Gasteiger partial charge in [0.1, 0.15) is 6.04 Å². The molecule has 2 rings (SSSR count). The normalized spacial score (nSPS) is 18.5. The van der Waals surface area contributed by atoms with Crippen molar-refractivity contribution in [3.63, 3.8) is 0 Å². The van der Waals surface area contributed by atoms with E-state index in [1.54, 1.807) is 19.1 Å². The summed E-state index contributed by atoms with van der Waals surface area (Å²) in [6.45, 7) is 1.89. The van der Waals surface area contributed by atoms with Gasteiger partial charge in [-0.3, -0.25) is 9.59 Å². The highest BCUT2D eigenvalue weighted by atomic mass is 32.1. The summed E-state index contributed by atoms with van der Waals surface area (Å²) in [5.74, 6) is -0.516. The zero-order valence-corrected chi connectivity index (χ0v) is 12.3. The molecule has 1 unspecified atom stereocenters. The largest absolute Gasteiger partial charge is 0.388 e. The van der Waals surface area contributed by atoms with E-state index in [0.717, 1.165) is 25.7 Å². The molecule has 0 spiro atoms. The van der Waals surface area contributed by atoms with Crippen LogP contribution < -0.4 is 10.6 Å². The first kappa shape index (κ1) is 15.0. The minimum atomic E-state index is -0.771. The van der Waals surface area contributed by atoms with Crippen molar-refractivity contribution in [2.75, 3.05) is 6.54 Å². The molecule has 0 bridgehead atoms. The van der Waals surface area contributed by atoms with Gasteiger partial charge in [0.05, 0.1) is 10.5 Å². The monoisotopic (exact) mass is 296 g/mol. The fourth-order valence-electron chi connectivity index (χ4n) is 2.36. The third-order valence-electron chi connectivity index (χ3n) is 3.61. The van der Waals surface area contributed by atoms with E-state index in [4.69, 9.17) is 0 Å².